The Morgan fingerprint density at radius 1 is 1.25 bits per heavy atom. The number of hydrogen-bond donors (Lipinski definition) is 1. The molecule has 6 heteroatoms. The highest BCUT2D eigenvalue weighted by atomic mass is 35.5. The lowest BCUT2D eigenvalue weighted by atomic mass is 10.1. The Morgan fingerprint density at radius 2 is 2.04 bits per heavy atom. The van der Waals surface area contributed by atoms with E-state index < -0.39 is 0 Å². The van der Waals surface area contributed by atoms with Crippen LogP contribution in [-0.4, -0.2) is 25.3 Å². The van der Waals surface area contributed by atoms with Crippen LogP contribution in [0.25, 0.3) is 0 Å². The van der Waals surface area contributed by atoms with E-state index in [1.54, 1.807) is 18.2 Å². The van der Waals surface area contributed by atoms with Crippen LogP contribution in [0, 0.1) is 6.92 Å². The normalized spacial score (nSPS) is 13.6. The highest BCUT2D eigenvalue weighted by Crippen LogP contribution is 2.37. The number of rotatable bonds is 3. The maximum atomic E-state index is 12.1. The molecule has 1 amide bonds. The van der Waals surface area contributed by atoms with Gasteiger partial charge in [-0.15, -0.1) is 0 Å². The maximum Gasteiger partial charge on any atom is 0.271 e. The molecule has 1 aliphatic rings. The van der Waals surface area contributed by atoms with E-state index in [2.05, 4.69) is 10.5 Å². The van der Waals surface area contributed by atoms with Crippen molar-refractivity contribution in [3.05, 3.63) is 58.1 Å². The first-order valence-electron chi connectivity index (χ1n) is 7.63. The third-order valence-electron chi connectivity index (χ3n) is 3.59. The lowest BCUT2D eigenvalue weighted by Gasteiger charge is -2.09. The third kappa shape index (κ3) is 3.68. The number of fused-ring (bicyclic) bond motifs is 1. The van der Waals surface area contributed by atoms with Gasteiger partial charge in [-0.2, -0.15) is 5.10 Å². The quantitative estimate of drug-likeness (QED) is 0.684. The standard InChI is InChI=1S/C18H17ClN2O3/c1-12-5-2-3-6-14(12)18(22)21-20-11-13-9-15(19)17-16(10-13)23-7-4-8-24-17/h2-3,5-6,9-11H,4,7-8H2,1H3,(H,21,22)/b20-11-. The zero-order valence-electron chi connectivity index (χ0n) is 13.2. The smallest absolute Gasteiger partial charge is 0.271 e. The summed E-state index contributed by atoms with van der Waals surface area (Å²) < 4.78 is 11.2. The number of hydrogen-bond acceptors (Lipinski definition) is 4. The molecule has 2 aromatic carbocycles. The van der Waals surface area contributed by atoms with Gasteiger partial charge in [-0.1, -0.05) is 29.8 Å². The minimum Gasteiger partial charge on any atom is -0.489 e. The number of benzene rings is 2. The number of nitrogens with one attached hydrogen (secondary N) is 1. The zero-order chi connectivity index (χ0) is 16.9. The van der Waals surface area contributed by atoms with Gasteiger partial charge in [-0.25, -0.2) is 5.43 Å². The summed E-state index contributed by atoms with van der Waals surface area (Å²) >= 11 is 6.22. The van der Waals surface area contributed by atoms with Gasteiger partial charge in [0.05, 0.1) is 24.5 Å². The molecule has 0 bridgehead atoms. The number of hydrazone groups is 1. The van der Waals surface area contributed by atoms with E-state index in [1.807, 2.05) is 25.1 Å². The van der Waals surface area contributed by atoms with Gasteiger partial charge in [0.1, 0.15) is 0 Å². The van der Waals surface area contributed by atoms with Gasteiger partial charge in [0.15, 0.2) is 11.5 Å². The van der Waals surface area contributed by atoms with Gasteiger partial charge in [0.25, 0.3) is 5.91 Å². The Balaban J connectivity index is 1.73. The lowest BCUT2D eigenvalue weighted by molar-refractivity contribution is 0.0954. The molecule has 1 aliphatic heterocycles. The van der Waals surface area contributed by atoms with Crippen LogP contribution in [0.3, 0.4) is 0 Å². The Bertz CT molecular complexity index is 790. The molecule has 0 saturated heterocycles. The Labute approximate surface area is 145 Å². The highest BCUT2D eigenvalue weighted by Gasteiger charge is 2.15. The van der Waals surface area contributed by atoms with Crippen molar-refractivity contribution in [2.75, 3.05) is 13.2 Å². The predicted molar refractivity (Wildman–Crippen MR) is 93.3 cm³/mol. The van der Waals surface area contributed by atoms with E-state index in [4.69, 9.17) is 21.1 Å². The van der Waals surface area contributed by atoms with E-state index in [9.17, 15) is 4.79 Å². The summed E-state index contributed by atoms with van der Waals surface area (Å²) in [5.41, 5.74) is 4.71. The summed E-state index contributed by atoms with van der Waals surface area (Å²) in [4.78, 5) is 12.1. The van der Waals surface area contributed by atoms with Crippen molar-refractivity contribution in [2.45, 2.75) is 13.3 Å². The van der Waals surface area contributed by atoms with Crippen LogP contribution in [0.2, 0.25) is 5.02 Å². The van der Waals surface area contributed by atoms with E-state index in [-0.39, 0.29) is 5.91 Å². The summed E-state index contributed by atoms with van der Waals surface area (Å²) in [6, 6.07) is 10.8. The van der Waals surface area contributed by atoms with Crippen molar-refractivity contribution in [3.8, 4) is 11.5 Å². The average Bonchev–Trinajstić information content (AvgIpc) is 2.81. The number of carbonyl (C=O) groups is 1. The summed E-state index contributed by atoms with van der Waals surface area (Å²) in [7, 11) is 0. The molecule has 0 aromatic heterocycles. The van der Waals surface area contributed by atoms with E-state index in [0.29, 0.717) is 40.9 Å². The van der Waals surface area contributed by atoms with Crippen LogP contribution in [0.15, 0.2) is 41.5 Å². The van der Waals surface area contributed by atoms with Gasteiger partial charge < -0.3 is 9.47 Å². The van der Waals surface area contributed by atoms with Gasteiger partial charge in [-0.3, -0.25) is 4.79 Å². The molecule has 0 saturated carbocycles. The second-order valence-electron chi connectivity index (χ2n) is 5.39. The van der Waals surface area contributed by atoms with Crippen molar-refractivity contribution in [3.63, 3.8) is 0 Å². The number of amides is 1. The van der Waals surface area contributed by atoms with E-state index in [1.165, 1.54) is 6.21 Å². The monoisotopic (exact) mass is 344 g/mol. The fourth-order valence-electron chi connectivity index (χ4n) is 2.38. The summed E-state index contributed by atoms with van der Waals surface area (Å²) in [6.45, 7) is 3.03. The Hall–Kier alpha value is -2.53. The summed E-state index contributed by atoms with van der Waals surface area (Å²) in [6.07, 6.45) is 2.33. The third-order valence-corrected chi connectivity index (χ3v) is 3.87. The molecule has 2 aromatic rings. The Kier molecular flexibility index (Phi) is 5.01. The van der Waals surface area contributed by atoms with Gasteiger partial charge in [0.2, 0.25) is 0 Å². The summed E-state index contributed by atoms with van der Waals surface area (Å²) in [5, 5.41) is 4.45. The molecule has 0 fully saturated rings. The fraction of sp³-hybridized carbons (Fsp3) is 0.222. The number of ether oxygens (including phenoxy) is 2. The number of nitrogens with zero attached hydrogens (tertiary/aromatic N) is 1. The van der Waals surface area contributed by atoms with Crippen LogP contribution in [0.4, 0.5) is 0 Å². The minimum atomic E-state index is -0.259. The van der Waals surface area contributed by atoms with Crippen LogP contribution in [0.1, 0.15) is 27.9 Å². The second-order valence-corrected chi connectivity index (χ2v) is 5.80. The molecule has 3 rings (SSSR count). The number of halogens is 1. The molecule has 1 N–H and O–H groups in total. The number of aryl methyl sites for hydroxylation is 1. The molecule has 0 aliphatic carbocycles. The maximum absolute atomic E-state index is 12.1. The van der Waals surface area contributed by atoms with Crippen LogP contribution < -0.4 is 14.9 Å². The van der Waals surface area contributed by atoms with Gasteiger partial charge in [-0.05, 0) is 36.2 Å². The van der Waals surface area contributed by atoms with Crippen LogP contribution in [-0.2, 0) is 0 Å². The lowest BCUT2D eigenvalue weighted by Crippen LogP contribution is -2.18. The first-order chi connectivity index (χ1) is 11.6. The SMILES string of the molecule is Cc1ccccc1C(=O)N/N=C\c1cc(Cl)c2c(c1)OCCCO2. The van der Waals surface area contributed by atoms with Crippen molar-refractivity contribution in [1.82, 2.24) is 5.43 Å². The van der Waals surface area contributed by atoms with Crippen molar-refractivity contribution < 1.29 is 14.3 Å². The van der Waals surface area contributed by atoms with Crippen molar-refractivity contribution >= 4 is 23.7 Å². The summed E-state index contributed by atoms with van der Waals surface area (Å²) in [5.74, 6) is 0.881. The number of carbonyl (C=O) groups excluding carboxylic acids is 1. The molecule has 0 unspecified atom stereocenters. The van der Waals surface area contributed by atoms with Gasteiger partial charge in [0, 0.05) is 12.0 Å². The van der Waals surface area contributed by atoms with E-state index in [0.717, 1.165) is 12.0 Å². The molecule has 5 nitrogen and oxygen atoms in total. The first kappa shape index (κ1) is 16.3. The van der Waals surface area contributed by atoms with Crippen LogP contribution >= 0.6 is 11.6 Å². The minimum absolute atomic E-state index is 0.259. The molecule has 0 atom stereocenters. The second kappa shape index (κ2) is 7.36. The highest BCUT2D eigenvalue weighted by molar-refractivity contribution is 6.32. The average molecular weight is 345 g/mol. The van der Waals surface area contributed by atoms with Crippen molar-refractivity contribution in [1.29, 1.82) is 0 Å². The largest absolute Gasteiger partial charge is 0.489 e. The van der Waals surface area contributed by atoms with E-state index >= 15 is 0 Å². The zero-order valence-corrected chi connectivity index (χ0v) is 14.0. The predicted octanol–water partition coefficient (Wildman–Crippen LogP) is 3.57. The van der Waals surface area contributed by atoms with Gasteiger partial charge >= 0.3 is 0 Å². The molecule has 124 valence electrons. The topological polar surface area (TPSA) is 59.9 Å². The molecule has 1 heterocycles. The molecular formula is C18H17ClN2O3. The van der Waals surface area contributed by atoms with Crippen molar-refractivity contribution in [2.24, 2.45) is 5.10 Å². The van der Waals surface area contributed by atoms with Crippen LogP contribution in [0.5, 0.6) is 11.5 Å². The fourth-order valence-corrected chi connectivity index (χ4v) is 2.65. The molecular weight excluding hydrogens is 328 g/mol. The Morgan fingerprint density at radius 3 is 2.88 bits per heavy atom. The molecule has 0 spiro atoms. The molecule has 0 radical (unpaired) electrons. The molecule has 24 heavy (non-hydrogen) atoms. The first-order valence-corrected chi connectivity index (χ1v) is 8.01.